The fraction of sp³-hybridized carbons (Fsp3) is 0.692. The highest BCUT2D eigenvalue weighted by molar-refractivity contribution is 5.17. The first-order chi connectivity index (χ1) is 6.64. The Morgan fingerprint density at radius 3 is 2.50 bits per heavy atom. The Morgan fingerprint density at radius 2 is 2.07 bits per heavy atom. The molecule has 0 aliphatic rings. The third-order valence-corrected chi connectivity index (χ3v) is 3.42. The van der Waals surface area contributed by atoms with Crippen LogP contribution in [-0.2, 0) is 12.5 Å². The van der Waals surface area contributed by atoms with E-state index < -0.39 is 0 Å². The maximum atomic E-state index is 2.39. The van der Waals surface area contributed by atoms with Crippen LogP contribution in [0.1, 0.15) is 52.1 Å². The average Bonchev–Trinajstić information content (AvgIpc) is 2.61. The average molecular weight is 193 g/mol. The molecule has 80 valence electrons. The van der Waals surface area contributed by atoms with Gasteiger partial charge in [-0.25, -0.2) is 0 Å². The summed E-state index contributed by atoms with van der Waals surface area (Å²) in [5.41, 5.74) is 1.85. The molecular weight excluding hydrogens is 170 g/mol. The molecule has 0 N–H and O–H groups in total. The van der Waals surface area contributed by atoms with Gasteiger partial charge in [0.15, 0.2) is 0 Å². The van der Waals surface area contributed by atoms with Gasteiger partial charge in [0.05, 0.1) is 0 Å². The van der Waals surface area contributed by atoms with Crippen molar-refractivity contribution >= 4 is 0 Å². The fourth-order valence-corrected chi connectivity index (χ4v) is 2.14. The maximum absolute atomic E-state index is 2.39. The second-order valence-corrected chi connectivity index (χ2v) is 4.52. The minimum atomic E-state index is 0.369. The van der Waals surface area contributed by atoms with Crippen molar-refractivity contribution in [1.82, 2.24) is 4.57 Å². The zero-order valence-electron chi connectivity index (χ0n) is 10.0. The van der Waals surface area contributed by atoms with Crippen LogP contribution in [0.3, 0.4) is 0 Å². The van der Waals surface area contributed by atoms with Crippen molar-refractivity contribution < 1.29 is 0 Å². The minimum absolute atomic E-state index is 0.369. The highest BCUT2D eigenvalue weighted by Crippen LogP contribution is 2.32. The molecule has 0 aromatic carbocycles. The second-order valence-electron chi connectivity index (χ2n) is 4.52. The van der Waals surface area contributed by atoms with Gasteiger partial charge in [-0.05, 0) is 25.0 Å². The number of aromatic nitrogens is 1. The van der Waals surface area contributed by atoms with Crippen LogP contribution in [0.2, 0.25) is 0 Å². The molecule has 0 aliphatic heterocycles. The topological polar surface area (TPSA) is 4.93 Å². The molecule has 0 fully saturated rings. The van der Waals surface area contributed by atoms with Crippen molar-refractivity contribution in [1.29, 1.82) is 0 Å². The van der Waals surface area contributed by atoms with Crippen LogP contribution in [0, 0.1) is 0 Å². The Kier molecular flexibility index (Phi) is 3.79. The van der Waals surface area contributed by atoms with Crippen molar-refractivity contribution in [2.24, 2.45) is 7.05 Å². The van der Waals surface area contributed by atoms with Crippen LogP contribution in [-0.4, -0.2) is 4.57 Å². The molecule has 0 spiro atoms. The Labute approximate surface area is 88.1 Å². The summed E-state index contributed by atoms with van der Waals surface area (Å²) in [5, 5.41) is 0. The lowest BCUT2D eigenvalue weighted by Gasteiger charge is -2.29. The van der Waals surface area contributed by atoms with E-state index in [1.165, 1.54) is 31.4 Å². The van der Waals surface area contributed by atoms with Crippen LogP contribution in [0.5, 0.6) is 0 Å². The van der Waals surface area contributed by atoms with Gasteiger partial charge < -0.3 is 4.57 Å². The van der Waals surface area contributed by atoms with E-state index in [0.717, 1.165) is 0 Å². The van der Waals surface area contributed by atoms with Crippen molar-refractivity contribution in [3.8, 4) is 0 Å². The molecule has 1 heterocycles. The molecule has 1 aromatic rings. The van der Waals surface area contributed by atoms with Crippen molar-refractivity contribution in [3.05, 3.63) is 24.0 Å². The van der Waals surface area contributed by atoms with Gasteiger partial charge >= 0.3 is 0 Å². The quantitative estimate of drug-likeness (QED) is 0.668. The molecule has 14 heavy (non-hydrogen) atoms. The molecule has 1 nitrogen and oxygen atoms in total. The summed E-state index contributed by atoms with van der Waals surface area (Å²) in [5.74, 6) is 0. The van der Waals surface area contributed by atoms with Gasteiger partial charge in [0.1, 0.15) is 0 Å². The van der Waals surface area contributed by atoms with E-state index in [0.29, 0.717) is 5.41 Å². The first-order valence-electron chi connectivity index (χ1n) is 5.76. The predicted octanol–water partition coefficient (Wildman–Crippen LogP) is 3.88. The molecule has 1 aromatic heterocycles. The van der Waals surface area contributed by atoms with E-state index >= 15 is 0 Å². The molecule has 0 radical (unpaired) electrons. The number of aryl methyl sites for hydroxylation is 1. The molecule has 0 bridgehead atoms. The molecule has 0 saturated carbocycles. The van der Waals surface area contributed by atoms with Crippen LogP contribution >= 0.6 is 0 Å². The summed E-state index contributed by atoms with van der Waals surface area (Å²) < 4.78 is 2.26. The SMILES string of the molecule is CCCCC(C)(CC)c1cccn1C. The summed E-state index contributed by atoms with van der Waals surface area (Å²) in [7, 11) is 2.15. The zero-order chi connectivity index (χ0) is 10.6. The molecule has 0 aliphatic carbocycles. The Hall–Kier alpha value is -0.720. The number of hydrogen-bond donors (Lipinski definition) is 0. The van der Waals surface area contributed by atoms with Crippen LogP contribution < -0.4 is 0 Å². The van der Waals surface area contributed by atoms with Gasteiger partial charge in [-0.1, -0.05) is 33.6 Å². The number of nitrogens with zero attached hydrogens (tertiary/aromatic N) is 1. The summed E-state index contributed by atoms with van der Waals surface area (Å²) in [6.45, 7) is 6.95. The number of unbranched alkanes of at least 4 members (excludes halogenated alkanes) is 1. The summed E-state index contributed by atoms with van der Waals surface area (Å²) >= 11 is 0. The van der Waals surface area contributed by atoms with E-state index in [2.05, 4.69) is 50.7 Å². The Morgan fingerprint density at radius 1 is 1.36 bits per heavy atom. The third-order valence-electron chi connectivity index (χ3n) is 3.42. The minimum Gasteiger partial charge on any atom is -0.354 e. The summed E-state index contributed by atoms with van der Waals surface area (Å²) in [6, 6.07) is 4.41. The van der Waals surface area contributed by atoms with Crippen LogP contribution in [0.15, 0.2) is 18.3 Å². The normalized spacial score (nSPS) is 15.4. The van der Waals surface area contributed by atoms with Crippen LogP contribution in [0.4, 0.5) is 0 Å². The summed E-state index contributed by atoms with van der Waals surface area (Å²) in [6.07, 6.45) is 7.30. The lowest BCUT2D eigenvalue weighted by molar-refractivity contribution is 0.382. The lowest BCUT2D eigenvalue weighted by Crippen LogP contribution is -2.23. The zero-order valence-corrected chi connectivity index (χ0v) is 10.0. The van der Waals surface area contributed by atoms with E-state index in [1.54, 1.807) is 0 Å². The van der Waals surface area contributed by atoms with E-state index in [4.69, 9.17) is 0 Å². The van der Waals surface area contributed by atoms with E-state index in [-0.39, 0.29) is 0 Å². The van der Waals surface area contributed by atoms with Gasteiger partial charge in [0.25, 0.3) is 0 Å². The Bertz CT molecular complexity index is 275. The van der Waals surface area contributed by atoms with Crippen molar-refractivity contribution in [2.45, 2.75) is 51.9 Å². The first kappa shape index (κ1) is 11.4. The van der Waals surface area contributed by atoms with Gasteiger partial charge in [-0.3, -0.25) is 0 Å². The molecule has 1 heteroatoms. The Balaban J connectivity index is 2.84. The third kappa shape index (κ3) is 2.20. The van der Waals surface area contributed by atoms with Gasteiger partial charge in [-0.2, -0.15) is 0 Å². The number of rotatable bonds is 5. The second kappa shape index (κ2) is 4.68. The first-order valence-corrected chi connectivity index (χ1v) is 5.76. The predicted molar refractivity (Wildman–Crippen MR) is 62.6 cm³/mol. The van der Waals surface area contributed by atoms with Gasteiger partial charge in [-0.15, -0.1) is 0 Å². The smallest absolute Gasteiger partial charge is 0.0231 e. The molecule has 1 rings (SSSR count). The highest BCUT2D eigenvalue weighted by Gasteiger charge is 2.25. The summed E-state index contributed by atoms with van der Waals surface area (Å²) in [4.78, 5) is 0. The van der Waals surface area contributed by atoms with E-state index in [9.17, 15) is 0 Å². The lowest BCUT2D eigenvalue weighted by atomic mass is 9.79. The highest BCUT2D eigenvalue weighted by atomic mass is 14.9. The van der Waals surface area contributed by atoms with Crippen LogP contribution in [0.25, 0.3) is 0 Å². The fourth-order valence-electron chi connectivity index (χ4n) is 2.14. The molecule has 0 amide bonds. The molecule has 0 saturated heterocycles. The molecular formula is C13H23N. The standard InChI is InChI=1S/C13H23N/c1-5-7-10-13(3,6-2)12-9-8-11-14(12)4/h8-9,11H,5-7,10H2,1-4H3. The van der Waals surface area contributed by atoms with Crippen molar-refractivity contribution in [2.75, 3.05) is 0 Å². The molecule has 1 atom stereocenters. The van der Waals surface area contributed by atoms with Crippen molar-refractivity contribution in [3.63, 3.8) is 0 Å². The molecule has 1 unspecified atom stereocenters. The number of hydrogen-bond acceptors (Lipinski definition) is 0. The van der Waals surface area contributed by atoms with Gasteiger partial charge in [0, 0.05) is 24.4 Å². The monoisotopic (exact) mass is 193 g/mol. The van der Waals surface area contributed by atoms with E-state index in [1.807, 2.05) is 0 Å². The maximum Gasteiger partial charge on any atom is 0.0231 e. The largest absolute Gasteiger partial charge is 0.354 e. The van der Waals surface area contributed by atoms with Gasteiger partial charge in [0.2, 0.25) is 0 Å².